The molecular weight excluding hydrogens is 418 g/mol. The Kier molecular flexibility index (Phi) is 5.27. The average molecular weight is 438 g/mol. The number of nitrogens with one attached hydrogen (secondary N) is 2. The summed E-state index contributed by atoms with van der Waals surface area (Å²) >= 11 is 1.37. The van der Waals surface area contributed by atoms with E-state index in [4.69, 9.17) is 0 Å². The van der Waals surface area contributed by atoms with Gasteiger partial charge in [0.15, 0.2) is 5.13 Å². The molecule has 0 aliphatic heterocycles. The van der Waals surface area contributed by atoms with Crippen molar-refractivity contribution in [1.29, 1.82) is 0 Å². The van der Waals surface area contributed by atoms with Crippen LogP contribution in [-0.2, 0) is 10.0 Å². The number of benzene rings is 3. The molecule has 0 unspecified atom stereocenters. The molecule has 152 valence electrons. The molecule has 1 aromatic heterocycles. The van der Waals surface area contributed by atoms with E-state index in [-0.39, 0.29) is 10.5 Å². The number of para-hydroxylation sites is 1. The molecule has 0 spiro atoms. The monoisotopic (exact) mass is 437 g/mol. The highest BCUT2D eigenvalue weighted by molar-refractivity contribution is 7.92. The van der Waals surface area contributed by atoms with Crippen molar-refractivity contribution in [3.05, 3.63) is 83.4 Å². The number of hydrogen-bond acceptors (Lipinski definition) is 5. The van der Waals surface area contributed by atoms with E-state index in [1.54, 1.807) is 25.1 Å². The van der Waals surface area contributed by atoms with Crippen LogP contribution in [0, 0.1) is 13.8 Å². The first kappa shape index (κ1) is 20.1. The summed E-state index contributed by atoms with van der Waals surface area (Å²) in [6.07, 6.45) is 0. The highest BCUT2D eigenvalue weighted by atomic mass is 32.2. The Morgan fingerprint density at radius 3 is 2.43 bits per heavy atom. The van der Waals surface area contributed by atoms with Crippen LogP contribution in [0.2, 0.25) is 0 Å². The van der Waals surface area contributed by atoms with Crippen LogP contribution in [0.3, 0.4) is 0 Å². The topological polar surface area (TPSA) is 88.2 Å². The molecule has 8 heteroatoms. The zero-order chi connectivity index (χ0) is 21.3. The fourth-order valence-corrected chi connectivity index (χ4v) is 4.88. The average Bonchev–Trinajstić information content (AvgIpc) is 3.12. The van der Waals surface area contributed by atoms with E-state index in [1.807, 2.05) is 43.3 Å². The van der Waals surface area contributed by atoms with Crippen LogP contribution >= 0.6 is 11.3 Å². The van der Waals surface area contributed by atoms with Crippen molar-refractivity contribution < 1.29 is 13.2 Å². The Hall–Kier alpha value is -3.23. The van der Waals surface area contributed by atoms with E-state index in [1.165, 1.54) is 23.5 Å². The normalized spacial score (nSPS) is 11.4. The van der Waals surface area contributed by atoms with Gasteiger partial charge in [0.2, 0.25) is 0 Å². The molecule has 2 N–H and O–H groups in total. The summed E-state index contributed by atoms with van der Waals surface area (Å²) in [4.78, 5) is 17.2. The van der Waals surface area contributed by atoms with Gasteiger partial charge in [0.05, 0.1) is 15.1 Å². The van der Waals surface area contributed by atoms with E-state index in [0.29, 0.717) is 16.4 Å². The lowest BCUT2D eigenvalue weighted by molar-refractivity contribution is 0.102. The number of rotatable bonds is 5. The number of aryl methyl sites for hydroxylation is 2. The van der Waals surface area contributed by atoms with Crippen molar-refractivity contribution >= 4 is 48.3 Å². The summed E-state index contributed by atoms with van der Waals surface area (Å²) in [6, 6.07) is 19.1. The van der Waals surface area contributed by atoms with Crippen LogP contribution in [-0.4, -0.2) is 19.3 Å². The summed E-state index contributed by atoms with van der Waals surface area (Å²) in [6.45, 7) is 3.69. The van der Waals surface area contributed by atoms with Gasteiger partial charge in [-0.15, -0.1) is 0 Å². The first-order valence-corrected chi connectivity index (χ1v) is 11.5. The van der Waals surface area contributed by atoms with Crippen molar-refractivity contribution in [2.75, 3.05) is 10.0 Å². The molecular formula is C22H19N3O3S2. The number of aromatic nitrogens is 1. The predicted molar refractivity (Wildman–Crippen MR) is 121 cm³/mol. The Labute approximate surface area is 178 Å². The molecule has 4 rings (SSSR count). The lowest BCUT2D eigenvalue weighted by Crippen LogP contribution is -2.17. The van der Waals surface area contributed by atoms with Crippen LogP contribution in [0.4, 0.5) is 10.8 Å². The third-order valence-electron chi connectivity index (χ3n) is 4.58. The fourth-order valence-electron chi connectivity index (χ4n) is 2.94. The molecule has 6 nitrogen and oxygen atoms in total. The Balaban J connectivity index is 1.60. The lowest BCUT2D eigenvalue weighted by Gasteiger charge is -2.11. The second-order valence-electron chi connectivity index (χ2n) is 6.89. The molecule has 0 radical (unpaired) electrons. The largest absolute Gasteiger partial charge is 0.298 e. The van der Waals surface area contributed by atoms with Gasteiger partial charge in [-0.25, -0.2) is 13.4 Å². The van der Waals surface area contributed by atoms with E-state index < -0.39 is 15.9 Å². The first-order valence-electron chi connectivity index (χ1n) is 9.19. The van der Waals surface area contributed by atoms with Gasteiger partial charge in [0, 0.05) is 11.3 Å². The standard InChI is InChI=1S/C22H19N3O3S2/c1-14-7-10-16(11-8-14)25-30(27,28)17-12-9-15(2)18(13-17)21(26)24-22-23-19-5-3-4-6-20(19)29-22/h3-13,25H,1-2H3,(H,23,24,26). The van der Waals surface area contributed by atoms with E-state index >= 15 is 0 Å². The number of hydrogen-bond donors (Lipinski definition) is 2. The molecule has 0 atom stereocenters. The number of nitrogens with zero attached hydrogens (tertiary/aromatic N) is 1. The minimum atomic E-state index is -3.84. The van der Waals surface area contributed by atoms with Crippen LogP contribution in [0.1, 0.15) is 21.5 Å². The van der Waals surface area contributed by atoms with Crippen molar-refractivity contribution in [2.45, 2.75) is 18.7 Å². The van der Waals surface area contributed by atoms with Crippen molar-refractivity contribution in [3.63, 3.8) is 0 Å². The number of sulfonamides is 1. The smallest absolute Gasteiger partial charge is 0.261 e. The third kappa shape index (κ3) is 4.19. The molecule has 1 amide bonds. The minimum Gasteiger partial charge on any atom is -0.298 e. The quantitative estimate of drug-likeness (QED) is 0.462. The van der Waals surface area contributed by atoms with E-state index in [9.17, 15) is 13.2 Å². The Morgan fingerprint density at radius 2 is 1.70 bits per heavy atom. The first-order chi connectivity index (χ1) is 14.3. The maximum absolute atomic E-state index is 12.8. The maximum Gasteiger partial charge on any atom is 0.261 e. The molecule has 0 bridgehead atoms. The zero-order valence-electron chi connectivity index (χ0n) is 16.3. The van der Waals surface area contributed by atoms with Gasteiger partial charge >= 0.3 is 0 Å². The number of amides is 1. The Morgan fingerprint density at radius 1 is 0.967 bits per heavy atom. The number of thiazole rings is 1. The van der Waals surface area contributed by atoms with Crippen molar-refractivity contribution in [3.8, 4) is 0 Å². The van der Waals surface area contributed by atoms with E-state index in [2.05, 4.69) is 15.0 Å². The Bertz CT molecular complexity index is 1310. The fraction of sp³-hybridized carbons (Fsp3) is 0.0909. The van der Waals surface area contributed by atoms with Gasteiger partial charge in [-0.3, -0.25) is 14.8 Å². The second kappa shape index (κ2) is 7.89. The summed E-state index contributed by atoms with van der Waals surface area (Å²) < 4.78 is 29.1. The third-order valence-corrected chi connectivity index (χ3v) is 6.91. The molecule has 4 aromatic rings. The van der Waals surface area contributed by atoms with Gasteiger partial charge in [-0.05, 0) is 55.8 Å². The SMILES string of the molecule is Cc1ccc(NS(=O)(=O)c2ccc(C)c(C(=O)Nc3nc4ccccc4s3)c2)cc1. The molecule has 1 heterocycles. The van der Waals surface area contributed by atoms with Gasteiger partial charge < -0.3 is 0 Å². The number of fused-ring (bicyclic) bond motifs is 1. The van der Waals surface area contributed by atoms with Crippen molar-refractivity contribution in [2.24, 2.45) is 0 Å². The molecule has 30 heavy (non-hydrogen) atoms. The molecule has 3 aromatic carbocycles. The predicted octanol–water partition coefficient (Wildman–Crippen LogP) is 4.97. The molecule has 0 aliphatic rings. The molecule has 0 aliphatic carbocycles. The van der Waals surface area contributed by atoms with Gasteiger partial charge in [0.25, 0.3) is 15.9 Å². The van der Waals surface area contributed by atoms with Crippen molar-refractivity contribution in [1.82, 2.24) is 4.98 Å². The maximum atomic E-state index is 12.8. The highest BCUT2D eigenvalue weighted by Gasteiger charge is 2.19. The van der Waals surface area contributed by atoms with Crippen LogP contribution in [0.5, 0.6) is 0 Å². The highest BCUT2D eigenvalue weighted by Crippen LogP contribution is 2.26. The van der Waals surface area contributed by atoms with Gasteiger partial charge in [-0.2, -0.15) is 0 Å². The lowest BCUT2D eigenvalue weighted by atomic mass is 10.1. The summed E-state index contributed by atoms with van der Waals surface area (Å²) in [5, 5.41) is 3.24. The minimum absolute atomic E-state index is 0.0168. The molecule has 0 saturated carbocycles. The van der Waals surface area contributed by atoms with Gasteiger partial charge in [-0.1, -0.05) is 47.2 Å². The second-order valence-corrected chi connectivity index (χ2v) is 9.60. The van der Waals surface area contributed by atoms with E-state index in [0.717, 1.165) is 15.8 Å². The number of anilines is 2. The van der Waals surface area contributed by atoms with Crippen LogP contribution < -0.4 is 10.0 Å². The van der Waals surface area contributed by atoms with Gasteiger partial charge in [0.1, 0.15) is 0 Å². The number of carbonyl (C=O) groups is 1. The summed E-state index contributed by atoms with van der Waals surface area (Å²) in [5.74, 6) is -0.404. The molecule has 0 saturated heterocycles. The van der Waals surface area contributed by atoms with Crippen LogP contribution in [0.15, 0.2) is 71.6 Å². The zero-order valence-corrected chi connectivity index (χ0v) is 18.0. The molecule has 0 fully saturated rings. The van der Waals surface area contributed by atoms with Crippen LogP contribution in [0.25, 0.3) is 10.2 Å². The summed E-state index contributed by atoms with van der Waals surface area (Å²) in [5.41, 5.74) is 3.24. The number of carbonyl (C=O) groups excluding carboxylic acids is 1. The summed E-state index contributed by atoms with van der Waals surface area (Å²) in [7, 11) is -3.84.